The predicted molar refractivity (Wildman–Crippen MR) is 71.4 cm³/mol. The van der Waals surface area contributed by atoms with Gasteiger partial charge in [-0.3, -0.25) is 9.69 Å². The van der Waals surface area contributed by atoms with Crippen molar-refractivity contribution < 1.29 is 4.79 Å². The van der Waals surface area contributed by atoms with Crippen LogP contribution in [0.5, 0.6) is 0 Å². The zero-order valence-corrected chi connectivity index (χ0v) is 11.3. The molecule has 1 fully saturated rings. The number of hydrogen-bond donors (Lipinski definition) is 1. The summed E-state index contributed by atoms with van der Waals surface area (Å²) in [6, 6.07) is 3.87. The van der Waals surface area contributed by atoms with Gasteiger partial charge in [-0.1, -0.05) is 0 Å². The van der Waals surface area contributed by atoms with Gasteiger partial charge in [0.15, 0.2) is 0 Å². The van der Waals surface area contributed by atoms with Crippen LogP contribution in [-0.4, -0.2) is 22.7 Å². The van der Waals surface area contributed by atoms with E-state index in [9.17, 15) is 4.79 Å². The van der Waals surface area contributed by atoms with Crippen molar-refractivity contribution >= 4 is 46.9 Å². The Kier molecular flexibility index (Phi) is 3.20. The van der Waals surface area contributed by atoms with Crippen molar-refractivity contribution in [2.24, 2.45) is 0 Å². The molecule has 80 valence electrons. The van der Waals surface area contributed by atoms with E-state index in [0.717, 1.165) is 15.1 Å². The molecule has 0 spiro atoms. The summed E-state index contributed by atoms with van der Waals surface area (Å²) in [6.45, 7) is 2.61. The third-order valence-corrected chi connectivity index (χ3v) is 3.87. The maximum atomic E-state index is 11.6. The Bertz CT molecular complexity index is 410. The Morgan fingerprint density at radius 1 is 1.60 bits per heavy atom. The molecule has 2 heterocycles. The van der Waals surface area contributed by atoms with Gasteiger partial charge in [-0.2, -0.15) is 12.6 Å². The van der Waals surface area contributed by atoms with Gasteiger partial charge in [-0.05, 0) is 41.6 Å². The van der Waals surface area contributed by atoms with Gasteiger partial charge in [0.25, 0.3) is 0 Å². The average molecular weight is 334 g/mol. The highest BCUT2D eigenvalue weighted by molar-refractivity contribution is 14.1. The van der Waals surface area contributed by atoms with Crippen LogP contribution in [0.3, 0.4) is 0 Å². The van der Waals surface area contributed by atoms with E-state index in [-0.39, 0.29) is 11.2 Å². The number of halogens is 1. The molecule has 1 aromatic rings. The van der Waals surface area contributed by atoms with E-state index in [2.05, 4.69) is 40.2 Å². The van der Waals surface area contributed by atoms with Crippen LogP contribution in [-0.2, 0) is 4.79 Å². The van der Waals surface area contributed by atoms with Crippen molar-refractivity contribution in [1.82, 2.24) is 4.98 Å². The minimum absolute atomic E-state index is 0.114. The van der Waals surface area contributed by atoms with E-state index in [4.69, 9.17) is 0 Å². The second-order valence-electron chi connectivity index (χ2n) is 3.60. The topological polar surface area (TPSA) is 33.2 Å². The SMILES string of the molecule is Cc1nc(N2CC(S)CC2=O)ccc1I. The van der Waals surface area contributed by atoms with Gasteiger partial charge < -0.3 is 0 Å². The first kappa shape index (κ1) is 11.2. The number of aromatic nitrogens is 1. The second-order valence-corrected chi connectivity index (χ2v) is 5.49. The molecule has 0 saturated carbocycles. The summed E-state index contributed by atoms with van der Waals surface area (Å²) < 4.78 is 1.12. The lowest BCUT2D eigenvalue weighted by Gasteiger charge is -2.15. The standard InChI is InChI=1S/C10H11IN2OS/c1-6-8(11)2-3-9(12-6)13-5-7(15)4-10(13)14/h2-3,7,15H,4-5H2,1H3. The first-order valence-electron chi connectivity index (χ1n) is 4.69. The smallest absolute Gasteiger partial charge is 0.229 e. The van der Waals surface area contributed by atoms with Gasteiger partial charge in [-0.15, -0.1) is 0 Å². The third-order valence-electron chi connectivity index (χ3n) is 2.39. The van der Waals surface area contributed by atoms with Crippen molar-refractivity contribution in [2.75, 3.05) is 11.4 Å². The van der Waals surface area contributed by atoms with Crippen molar-refractivity contribution in [3.05, 3.63) is 21.4 Å². The van der Waals surface area contributed by atoms with E-state index in [1.54, 1.807) is 4.90 Å². The molecule has 1 aromatic heterocycles. The molecule has 0 aromatic carbocycles. The summed E-state index contributed by atoms with van der Waals surface area (Å²) in [7, 11) is 0. The number of anilines is 1. The summed E-state index contributed by atoms with van der Waals surface area (Å²) in [4.78, 5) is 17.7. The molecular weight excluding hydrogens is 323 g/mol. The van der Waals surface area contributed by atoms with Crippen LogP contribution in [0.2, 0.25) is 0 Å². The maximum absolute atomic E-state index is 11.6. The van der Waals surface area contributed by atoms with Crippen molar-refractivity contribution in [2.45, 2.75) is 18.6 Å². The second kappa shape index (κ2) is 4.29. The van der Waals surface area contributed by atoms with Gasteiger partial charge in [0.05, 0.1) is 5.69 Å². The largest absolute Gasteiger partial charge is 0.296 e. The number of carbonyl (C=O) groups is 1. The Morgan fingerprint density at radius 2 is 2.33 bits per heavy atom. The minimum Gasteiger partial charge on any atom is -0.296 e. The number of rotatable bonds is 1. The molecule has 1 atom stereocenters. The highest BCUT2D eigenvalue weighted by Gasteiger charge is 2.29. The predicted octanol–water partition coefficient (Wildman–Crippen LogP) is 2.03. The maximum Gasteiger partial charge on any atom is 0.229 e. The number of carbonyl (C=O) groups excluding carboxylic acids is 1. The van der Waals surface area contributed by atoms with E-state index in [1.165, 1.54) is 0 Å². The van der Waals surface area contributed by atoms with Gasteiger partial charge in [0, 0.05) is 21.8 Å². The molecule has 2 rings (SSSR count). The van der Waals surface area contributed by atoms with Crippen LogP contribution in [0.4, 0.5) is 5.82 Å². The Morgan fingerprint density at radius 3 is 2.87 bits per heavy atom. The monoisotopic (exact) mass is 334 g/mol. The molecule has 1 unspecified atom stereocenters. The number of amides is 1. The third kappa shape index (κ3) is 2.28. The normalized spacial score (nSPS) is 21.1. The van der Waals surface area contributed by atoms with Crippen LogP contribution < -0.4 is 4.90 Å². The van der Waals surface area contributed by atoms with Crippen LogP contribution in [0.1, 0.15) is 12.1 Å². The van der Waals surface area contributed by atoms with Crippen LogP contribution in [0.15, 0.2) is 12.1 Å². The Hall–Kier alpha value is -0.300. The van der Waals surface area contributed by atoms with Crippen LogP contribution in [0.25, 0.3) is 0 Å². The summed E-state index contributed by atoms with van der Waals surface area (Å²) in [5.41, 5.74) is 0.962. The summed E-state index contributed by atoms with van der Waals surface area (Å²) in [5, 5.41) is 0.138. The number of nitrogens with zero attached hydrogens (tertiary/aromatic N) is 2. The van der Waals surface area contributed by atoms with Crippen LogP contribution >= 0.6 is 35.2 Å². The fourth-order valence-electron chi connectivity index (χ4n) is 1.59. The van der Waals surface area contributed by atoms with Gasteiger partial charge in [-0.25, -0.2) is 4.98 Å². The van der Waals surface area contributed by atoms with Crippen molar-refractivity contribution in [3.63, 3.8) is 0 Å². The molecule has 3 nitrogen and oxygen atoms in total. The average Bonchev–Trinajstić information content (AvgIpc) is 2.50. The number of aryl methyl sites for hydroxylation is 1. The molecule has 15 heavy (non-hydrogen) atoms. The highest BCUT2D eigenvalue weighted by atomic mass is 127. The Labute approximate surface area is 108 Å². The number of hydrogen-bond acceptors (Lipinski definition) is 3. The fourth-order valence-corrected chi connectivity index (χ4v) is 2.21. The van der Waals surface area contributed by atoms with Crippen LogP contribution in [0, 0.1) is 10.5 Å². The zero-order chi connectivity index (χ0) is 11.0. The molecule has 0 aliphatic carbocycles. The van der Waals surface area contributed by atoms with Gasteiger partial charge in [0.2, 0.25) is 5.91 Å². The summed E-state index contributed by atoms with van der Waals surface area (Å²) in [6.07, 6.45) is 0.510. The van der Waals surface area contributed by atoms with E-state index in [1.807, 2.05) is 19.1 Å². The first-order chi connectivity index (χ1) is 7.08. The molecule has 5 heteroatoms. The van der Waals surface area contributed by atoms with E-state index >= 15 is 0 Å². The molecule has 1 saturated heterocycles. The van der Waals surface area contributed by atoms with E-state index in [0.29, 0.717) is 13.0 Å². The van der Waals surface area contributed by atoms with Crippen molar-refractivity contribution in [1.29, 1.82) is 0 Å². The highest BCUT2D eigenvalue weighted by Crippen LogP contribution is 2.23. The van der Waals surface area contributed by atoms with Gasteiger partial charge in [0.1, 0.15) is 5.82 Å². The zero-order valence-electron chi connectivity index (χ0n) is 8.27. The minimum atomic E-state index is 0.114. The lowest BCUT2D eigenvalue weighted by molar-refractivity contribution is -0.117. The summed E-state index contributed by atoms with van der Waals surface area (Å²) in [5.74, 6) is 0.859. The lowest BCUT2D eigenvalue weighted by Crippen LogP contribution is -2.25. The Balaban J connectivity index is 2.30. The molecule has 1 aliphatic heterocycles. The number of pyridine rings is 1. The molecule has 0 bridgehead atoms. The molecule has 1 aliphatic rings. The quantitative estimate of drug-likeness (QED) is 0.630. The molecule has 1 amide bonds. The molecule has 0 N–H and O–H groups in total. The van der Waals surface area contributed by atoms with Gasteiger partial charge >= 0.3 is 0 Å². The molecule has 0 radical (unpaired) electrons. The number of thiol groups is 1. The fraction of sp³-hybridized carbons (Fsp3) is 0.400. The lowest BCUT2D eigenvalue weighted by atomic mass is 10.3. The first-order valence-corrected chi connectivity index (χ1v) is 6.29. The summed E-state index contributed by atoms with van der Waals surface area (Å²) >= 11 is 6.55. The van der Waals surface area contributed by atoms with E-state index < -0.39 is 0 Å². The van der Waals surface area contributed by atoms with Crippen molar-refractivity contribution in [3.8, 4) is 0 Å². The molecular formula is C10H11IN2OS.